The van der Waals surface area contributed by atoms with Gasteiger partial charge in [0.05, 0.1) is 0 Å². The number of rotatable bonds is 7. The third-order valence-electron chi connectivity index (χ3n) is 3.13. The normalized spacial score (nSPS) is 11.2. The molecular weight excluding hydrogens is 240 g/mol. The summed E-state index contributed by atoms with van der Waals surface area (Å²) in [6.45, 7) is 4.29. The third-order valence-corrected chi connectivity index (χ3v) is 4.11. The zero-order valence-electron chi connectivity index (χ0n) is 11.3. The summed E-state index contributed by atoms with van der Waals surface area (Å²) in [6.07, 6.45) is 1.24. The predicted octanol–water partition coefficient (Wildman–Crippen LogP) is 3.50. The number of aryl methyl sites for hydroxylation is 1. The molecule has 0 unspecified atom stereocenters. The standard InChI is InChI=1S/C15H22N2S/c1-3-18-10-6-9-17-14(12-16-2)11-13-7-4-5-8-15(13)17/h4-5,7-8,11,16H,3,6,9-10,12H2,1-2H3. The molecule has 0 aliphatic rings. The summed E-state index contributed by atoms with van der Waals surface area (Å²) in [5.74, 6) is 2.47. The van der Waals surface area contributed by atoms with Crippen LogP contribution in [0.25, 0.3) is 10.9 Å². The maximum atomic E-state index is 3.26. The van der Waals surface area contributed by atoms with Crippen LogP contribution in [0, 0.1) is 0 Å². The Morgan fingerprint density at radius 1 is 1.28 bits per heavy atom. The minimum absolute atomic E-state index is 0.940. The van der Waals surface area contributed by atoms with Crippen LogP contribution in [0.15, 0.2) is 30.3 Å². The van der Waals surface area contributed by atoms with Gasteiger partial charge in [-0.2, -0.15) is 11.8 Å². The van der Waals surface area contributed by atoms with Gasteiger partial charge in [-0.15, -0.1) is 0 Å². The van der Waals surface area contributed by atoms with Crippen molar-refractivity contribution in [3.8, 4) is 0 Å². The van der Waals surface area contributed by atoms with Gasteiger partial charge in [-0.25, -0.2) is 0 Å². The van der Waals surface area contributed by atoms with Crippen LogP contribution in [0.4, 0.5) is 0 Å². The molecule has 0 amide bonds. The number of benzene rings is 1. The van der Waals surface area contributed by atoms with Gasteiger partial charge in [0.15, 0.2) is 0 Å². The van der Waals surface area contributed by atoms with Gasteiger partial charge in [-0.05, 0) is 42.5 Å². The van der Waals surface area contributed by atoms with Crippen LogP contribution >= 0.6 is 11.8 Å². The number of nitrogens with one attached hydrogen (secondary N) is 1. The number of nitrogens with zero attached hydrogens (tertiary/aromatic N) is 1. The Kier molecular flexibility index (Phi) is 5.14. The van der Waals surface area contributed by atoms with Crippen molar-refractivity contribution in [1.82, 2.24) is 9.88 Å². The fourth-order valence-electron chi connectivity index (χ4n) is 2.33. The number of thioether (sulfide) groups is 1. The highest BCUT2D eigenvalue weighted by molar-refractivity contribution is 7.99. The van der Waals surface area contributed by atoms with Crippen LogP contribution in [0.3, 0.4) is 0 Å². The van der Waals surface area contributed by atoms with Crippen LogP contribution in [0.2, 0.25) is 0 Å². The third kappa shape index (κ3) is 3.09. The Morgan fingerprint density at radius 2 is 2.11 bits per heavy atom. The quantitative estimate of drug-likeness (QED) is 0.769. The summed E-state index contributed by atoms with van der Waals surface area (Å²) in [4.78, 5) is 0. The molecule has 2 aromatic rings. The number of fused-ring (bicyclic) bond motifs is 1. The van der Waals surface area contributed by atoms with Gasteiger partial charge in [0.2, 0.25) is 0 Å². The number of para-hydroxylation sites is 1. The molecule has 0 saturated carbocycles. The van der Waals surface area contributed by atoms with E-state index in [1.165, 1.54) is 34.5 Å². The van der Waals surface area contributed by atoms with Crippen molar-refractivity contribution in [1.29, 1.82) is 0 Å². The molecule has 2 nitrogen and oxygen atoms in total. The molecule has 1 heterocycles. The maximum absolute atomic E-state index is 3.26. The van der Waals surface area contributed by atoms with Crippen LogP contribution in [-0.4, -0.2) is 23.1 Å². The van der Waals surface area contributed by atoms with Crippen molar-refractivity contribution in [3.63, 3.8) is 0 Å². The Balaban J connectivity index is 2.19. The molecule has 1 aromatic carbocycles. The van der Waals surface area contributed by atoms with E-state index in [1.54, 1.807) is 0 Å². The van der Waals surface area contributed by atoms with Gasteiger partial charge in [0, 0.05) is 24.3 Å². The molecular formula is C15H22N2S. The van der Waals surface area contributed by atoms with Crippen molar-refractivity contribution in [2.75, 3.05) is 18.6 Å². The van der Waals surface area contributed by atoms with Crippen LogP contribution < -0.4 is 5.32 Å². The summed E-state index contributed by atoms with van der Waals surface area (Å²) < 4.78 is 2.46. The lowest BCUT2D eigenvalue weighted by Crippen LogP contribution is -2.11. The second-order valence-electron chi connectivity index (χ2n) is 4.43. The van der Waals surface area contributed by atoms with E-state index in [9.17, 15) is 0 Å². The molecule has 1 N–H and O–H groups in total. The van der Waals surface area contributed by atoms with Gasteiger partial charge in [0.1, 0.15) is 0 Å². The first-order valence-corrected chi connectivity index (χ1v) is 7.81. The molecule has 1 aromatic heterocycles. The molecule has 3 heteroatoms. The van der Waals surface area contributed by atoms with Crippen molar-refractivity contribution < 1.29 is 0 Å². The Morgan fingerprint density at radius 3 is 2.89 bits per heavy atom. The Bertz CT molecular complexity index is 490. The first kappa shape index (κ1) is 13.5. The second-order valence-corrected chi connectivity index (χ2v) is 5.82. The fraction of sp³-hybridized carbons (Fsp3) is 0.467. The lowest BCUT2D eigenvalue weighted by Gasteiger charge is -2.10. The highest BCUT2D eigenvalue weighted by Gasteiger charge is 2.07. The molecule has 2 rings (SSSR count). The Labute approximate surface area is 114 Å². The summed E-state index contributed by atoms with van der Waals surface area (Å²) in [7, 11) is 2.01. The van der Waals surface area contributed by atoms with E-state index in [1.807, 2.05) is 18.8 Å². The average molecular weight is 262 g/mol. The molecule has 0 fully saturated rings. The van der Waals surface area contributed by atoms with E-state index in [4.69, 9.17) is 0 Å². The number of hydrogen-bond acceptors (Lipinski definition) is 2. The predicted molar refractivity (Wildman–Crippen MR) is 82.3 cm³/mol. The molecule has 0 aliphatic heterocycles. The van der Waals surface area contributed by atoms with Crippen molar-refractivity contribution in [2.45, 2.75) is 26.4 Å². The first-order valence-electron chi connectivity index (χ1n) is 6.66. The lowest BCUT2D eigenvalue weighted by atomic mass is 10.2. The maximum Gasteiger partial charge on any atom is 0.0482 e. The van der Waals surface area contributed by atoms with Crippen molar-refractivity contribution in [3.05, 3.63) is 36.0 Å². The molecule has 0 radical (unpaired) electrons. The molecule has 0 spiro atoms. The molecule has 0 aliphatic carbocycles. The highest BCUT2D eigenvalue weighted by Crippen LogP contribution is 2.20. The van der Waals surface area contributed by atoms with E-state index in [-0.39, 0.29) is 0 Å². The zero-order chi connectivity index (χ0) is 12.8. The summed E-state index contributed by atoms with van der Waals surface area (Å²) in [5, 5.41) is 4.61. The van der Waals surface area contributed by atoms with E-state index in [0.29, 0.717) is 0 Å². The fourth-order valence-corrected chi connectivity index (χ4v) is 2.95. The SMILES string of the molecule is CCSCCCn1c(CNC)cc2ccccc21. The zero-order valence-corrected chi connectivity index (χ0v) is 12.1. The lowest BCUT2D eigenvalue weighted by molar-refractivity contribution is 0.648. The van der Waals surface area contributed by atoms with Crippen LogP contribution in [-0.2, 0) is 13.1 Å². The van der Waals surface area contributed by atoms with E-state index < -0.39 is 0 Å². The van der Waals surface area contributed by atoms with Gasteiger partial charge in [0.25, 0.3) is 0 Å². The summed E-state index contributed by atoms with van der Waals surface area (Å²) >= 11 is 2.03. The number of aromatic nitrogens is 1. The first-order chi connectivity index (χ1) is 8.86. The van der Waals surface area contributed by atoms with E-state index in [0.717, 1.165) is 13.1 Å². The Hall–Kier alpha value is -0.930. The van der Waals surface area contributed by atoms with Crippen molar-refractivity contribution >= 4 is 22.7 Å². The van der Waals surface area contributed by atoms with Gasteiger partial charge in [-0.1, -0.05) is 25.1 Å². The smallest absolute Gasteiger partial charge is 0.0482 e. The van der Waals surface area contributed by atoms with Gasteiger partial charge in [-0.3, -0.25) is 0 Å². The van der Waals surface area contributed by atoms with Crippen LogP contribution in [0.5, 0.6) is 0 Å². The van der Waals surface area contributed by atoms with Gasteiger partial charge >= 0.3 is 0 Å². The van der Waals surface area contributed by atoms with Crippen molar-refractivity contribution in [2.24, 2.45) is 0 Å². The summed E-state index contributed by atoms with van der Waals surface area (Å²) in [5.41, 5.74) is 2.75. The highest BCUT2D eigenvalue weighted by atomic mass is 32.2. The minimum atomic E-state index is 0.940. The topological polar surface area (TPSA) is 17.0 Å². The molecule has 18 heavy (non-hydrogen) atoms. The largest absolute Gasteiger partial charge is 0.343 e. The average Bonchev–Trinajstić information content (AvgIpc) is 2.73. The van der Waals surface area contributed by atoms with Gasteiger partial charge < -0.3 is 9.88 Å². The molecule has 0 bridgehead atoms. The van der Waals surface area contributed by atoms with Crippen LogP contribution in [0.1, 0.15) is 19.0 Å². The molecule has 0 atom stereocenters. The monoisotopic (exact) mass is 262 g/mol. The minimum Gasteiger partial charge on any atom is -0.343 e. The number of hydrogen-bond donors (Lipinski definition) is 1. The van der Waals surface area contributed by atoms with E-state index >= 15 is 0 Å². The summed E-state index contributed by atoms with van der Waals surface area (Å²) in [6, 6.07) is 11.0. The second kappa shape index (κ2) is 6.86. The molecule has 98 valence electrons. The molecule has 0 saturated heterocycles. The van der Waals surface area contributed by atoms with E-state index in [2.05, 4.69) is 47.1 Å².